The molecule has 0 aliphatic rings. The number of aryl methyl sites for hydroxylation is 1. The van der Waals surface area contributed by atoms with E-state index in [1.807, 2.05) is 25.1 Å². The van der Waals surface area contributed by atoms with Crippen molar-refractivity contribution in [3.8, 4) is 5.75 Å². The lowest BCUT2D eigenvalue weighted by Crippen LogP contribution is -2.35. The van der Waals surface area contributed by atoms with Gasteiger partial charge in [0.25, 0.3) is 0 Å². The summed E-state index contributed by atoms with van der Waals surface area (Å²) in [5.74, 6) is 0.261. The molecule has 3 nitrogen and oxygen atoms in total. The van der Waals surface area contributed by atoms with Crippen LogP contribution in [-0.4, -0.2) is 31.3 Å². The third kappa shape index (κ3) is 15.3. The van der Waals surface area contributed by atoms with Crippen molar-refractivity contribution in [3.63, 3.8) is 0 Å². The van der Waals surface area contributed by atoms with Gasteiger partial charge in [0, 0.05) is 11.6 Å². The number of aliphatic hydroxyl groups excluding tert-OH is 1. The van der Waals surface area contributed by atoms with Crippen LogP contribution in [0.25, 0.3) is 0 Å². The number of aromatic hydroxyl groups is 1. The molecule has 3 N–H and O–H groups in total. The second-order valence-corrected chi connectivity index (χ2v) is 8.73. The molecule has 2 aromatic rings. The SMILES string of the molecule is CC(C)(O)C(Cl)(Cl)Cl.CCO.Cc1cc(O)ccc1Cl.[CH2]Cc1ccccc1. The van der Waals surface area contributed by atoms with Gasteiger partial charge in [0.05, 0.1) is 0 Å². The highest BCUT2D eigenvalue weighted by Crippen LogP contribution is 2.37. The molecule has 0 fully saturated rings. The van der Waals surface area contributed by atoms with Gasteiger partial charge in [-0.1, -0.05) is 76.7 Å². The summed E-state index contributed by atoms with van der Waals surface area (Å²) in [4.78, 5) is 0. The fourth-order valence-electron chi connectivity index (χ4n) is 1.27. The number of rotatable bonds is 1. The molecule has 0 aliphatic carbocycles. The third-order valence-electron chi connectivity index (χ3n) is 2.97. The number of phenolic OH excluding ortho intramolecular Hbond substituents is 1. The number of halogens is 4. The molecule has 28 heavy (non-hydrogen) atoms. The number of phenols is 1. The molecule has 0 bridgehead atoms. The van der Waals surface area contributed by atoms with E-state index in [9.17, 15) is 0 Å². The molecule has 0 aromatic heterocycles. The Morgan fingerprint density at radius 3 is 1.68 bits per heavy atom. The van der Waals surface area contributed by atoms with Gasteiger partial charge in [-0.25, -0.2) is 0 Å². The summed E-state index contributed by atoms with van der Waals surface area (Å²) in [5, 5.41) is 26.1. The van der Waals surface area contributed by atoms with E-state index in [4.69, 9.17) is 61.7 Å². The maximum absolute atomic E-state index is 8.96. The Hall–Kier alpha value is -0.680. The second kappa shape index (κ2) is 15.2. The zero-order chi connectivity index (χ0) is 22.4. The van der Waals surface area contributed by atoms with E-state index < -0.39 is 9.39 Å². The van der Waals surface area contributed by atoms with Crippen molar-refractivity contribution < 1.29 is 15.3 Å². The molecule has 0 spiro atoms. The van der Waals surface area contributed by atoms with Gasteiger partial charge in [-0.2, -0.15) is 0 Å². The second-order valence-electron chi connectivity index (χ2n) is 6.04. The van der Waals surface area contributed by atoms with Crippen LogP contribution in [0, 0.1) is 13.8 Å². The fourth-order valence-corrected chi connectivity index (χ4v) is 1.39. The zero-order valence-electron chi connectivity index (χ0n) is 16.6. The van der Waals surface area contributed by atoms with E-state index >= 15 is 0 Å². The van der Waals surface area contributed by atoms with Gasteiger partial charge >= 0.3 is 0 Å². The van der Waals surface area contributed by atoms with Crippen molar-refractivity contribution in [3.05, 3.63) is 71.6 Å². The van der Waals surface area contributed by atoms with Crippen molar-refractivity contribution in [1.82, 2.24) is 0 Å². The van der Waals surface area contributed by atoms with Gasteiger partial charge in [0.15, 0.2) is 0 Å². The molecule has 159 valence electrons. The summed E-state index contributed by atoms with van der Waals surface area (Å²) in [7, 11) is 0. The average molecular weight is 471 g/mol. The molecule has 2 rings (SSSR count). The summed E-state index contributed by atoms with van der Waals surface area (Å²) in [6, 6.07) is 15.1. The minimum absolute atomic E-state index is 0.250. The lowest BCUT2D eigenvalue weighted by molar-refractivity contribution is 0.0847. The van der Waals surface area contributed by atoms with Gasteiger partial charge in [-0.3, -0.25) is 0 Å². The van der Waals surface area contributed by atoms with Crippen LogP contribution in [0.2, 0.25) is 5.02 Å². The maximum Gasteiger partial charge on any atom is 0.218 e. The van der Waals surface area contributed by atoms with Crippen LogP contribution >= 0.6 is 46.4 Å². The standard InChI is InChI=1S/C8H9.C7H7ClO.C4H7Cl3O.C2H6O/c1-2-8-6-4-3-5-7-8;1-5-4-6(9)2-3-7(5)8;1-3(2,8)4(5,6)7;1-2-3/h3-7H,1-2H2;2-4,9H,1H3;8H,1-2H3;3H,2H2,1H3. The number of aliphatic hydroxyl groups is 2. The van der Waals surface area contributed by atoms with Crippen LogP contribution in [0.4, 0.5) is 0 Å². The molecular weight excluding hydrogens is 442 g/mol. The van der Waals surface area contributed by atoms with E-state index in [1.54, 1.807) is 25.1 Å². The molecule has 1 radical (unpaired) electrons. The fraction of sp³-hybridized carbons (Fsp3) is 0.381. The van der Waals surface area contributed by atoms with Gasteiger partial charge in [0.2, 0.25) is 3.79 Å². The first-order valence-corrected chi connectivity index (χ1v) is 9.99. The van der Waals surface area contributed by atoms with Crippen LogP contribution in [0.1, 0.15) is 31.9 Å². The number of benzene rings is 2. The summed E-state index contributed by atoms with van der Waals surface area (Å²) < 4.78 is -1.59. The Labute approximate surface area is 188 Å². The molecule has 0 heterocycles. The Morgan fingerprint density at radius 1 is 1.00 bits per heavy atom. The van der Waals surface area contributed by atoms with Crippen molar-refractivity contribution in [2.75, 3.05) is 6.61 Å². The average Bonchev–Trinajstić information content (AvgIpc) is 2.59. The molecular formula is C21H29Cl4O3. The van der Waals surface area contributed by atoms with E-state index in [0.29, 0.717) is 5.02 Å². The molecule has 7 heteroatoms. The van der Waals surface area contributed by atoms with Gasteiger partial charge in [-0.15, -0.1) is 0 Å². The number of hydrogen-bond acceptors (Lipinski definition) is 3. The molecule has 0 saturated carbocycles. The summed E-state index contributed by atoms with van der Waals surface area (Å²) >= 11 is 21.5. The van der Waals surface area contributed by atoms with Crippen molar-refractivity contribution in [1.29, 1.82) is 0 Å². The largest absolute Gasteiger partial charge is 0.508 e. The lowest BCUT2D eigenvalue weighted by Gasteiger charge is -2.25. The van der Waals surface area contributed by atoms with E-state index in [1.165, 1.54) is 19.4 Å². The normalized spacial score (nSPS) is 10.4. The highest BCUT2D eigenvalue weighted by molar-refractivity contribution is 6.68. The third-order valence-corrected chi connectivity index (χ3v) is 4.78. The molecule has 0 amide bonds. The number of hydrogen-bond donors (Lipinski definition) is 3. The predicted molar refractivity (Wildman–Crippen MR) is 123 cm³/mol. The van der Waals surface area contributed by atoms with Crippen LogP contribution < -0.4 is 0 Å². The monoisotopic (exact) mass is 469 g/mol. The zero-order valence-corrected chi connectivity index (χ0v) is 19.6. The number of alkyl halides is 3. The Kier molecular flexibility index (Phi) is 16.0. The van der Waals surface area contributed by atoms with E-state index in [2.05, 4.69) is 19.1 Å². The smallest absolute Gasteiger partial charge is 0.218 e. The summed E-state index contributed by atoms with van der Waals surface area (Å²) in [5.41, 5.74) is 0.932. The minimum Gasteiger partial charge on any atom is -0.508 e. The quantitative estimate of drug-likeness (QED) is 0.414. The maximum atomic E-state index is 8.96. The van der Waals surface area contributed by atoms with Crippen molar-refractivity contribution >= 4 is 46.4 Å². The van der Waals surface area contributed by atoms with E-state index in [0.717, 1.165) is 12.0 Å². The highest BCUT2D eigenvalue weighted by atomic mass is 35.6. The summed E-state index contributed by atoms with van der Waals surface area (Å²) in [6.45, 7) is 10.4. The summed E-state index contributed by atoms with van der Waals surface area (Å²) in [6.07, 6.45) is 0.890. The highest BCUT2D eigenvalue weighted by Gasteiger charge is 2.38. The Morgan fingerprint density at radius 2 is 1.43 bits per heavy atom. The predicted octanol–water partition coefficient (Wildman–Crippen LogP) is 6.54. The van der Waals surface area contributed by atoms with Crippen molar-refractivity contribution in [2.24, 2.45) is 0 Å². The minimum atomic E-state index is -1.59. The molecule has 0 atom stereocenters. The van der Waals surface area contributed by atoms with Crippen LogP contribution in [-0.2, 0) is 6.42 Å². The Bertz CT molecular complexity index is 624. The van der Waals surface area contributed by atoms with Crippen LogP contribution in [0.5, 0.6) is 5.75 Å². The van der Waals surface area contributed by atoms with Gasteiger partial charge in [0.1, 0.15) is 11.4 Å². The Balaban J connectivity index is 0. The van der Waals surface area contributed by atoms with Gasteiger partial charge in [-0.05, 0) is 70.4 Å². The van der Waals surface area contributed by atoms with Crippen molar-refractivity contribution in [2.45, 2.75) is 43.5 Å². The topological polar surface area (TPSA) is 60.7 Å². The van der Waals surface area contributed by atoms with Crippen LogP contribution in [0.3, 0.4) is 0 Å². The lowest BCUT2D eigenvalue weighted by atomic mass is 10.2. The van der Waals surface area contributed by atoms with Gasteiger partial charge < -0.3 is 15.3 Å². The van der Waals surface area contributed by atoms with Crippen LogP contribution in [0.15, 0.2) is 48.5 Å². The first-order valence-electron chi connectivity index (χ1n) is 8.48. The first-order chi connectivity index (χ1) is 12.8. The molecule has 0 aliphatic heterocycles. The molecule has 0 unspecified atom stereocenters. The first kappa shape index (κ1) is 29.5. The van der Waals surface area contributed by atoms with E-state index in [-0.39, 0.29) is 12.4 Å². The molecule has 0 saturated heterocycles. The molecule has 2 aromatic carbocycles.